The number of aromatic amines is 1. The predicted molar refractivity (Wildman–Crippen MR) is 45.2 cm³/mol. The second-order valence-corrected chi connectivity index (χ2v) is 4.14. The van der Waals surface area contributed by atoms with Crippen molar-refractivity contribution in [1.29, 1.82) is 0 Å². The van der Waals surface area contributed by atoms with Gasteiger partial charge in [0.2, 0.25) is 0 Å². The summed E-state index contributed by atoms with van der Waals surface area (Å²) in [5.41, 5.74) is 6.04. The third-order valence-corrected chi connectivity index (χ3v) is 1.53. The van der Waals surface area contributed by atoms with Crippen LogP contribution in [0.15, 0.2) is 0 Å². The van der Waals surface area contributed by atoms with Crippen LogP contribution in [0.1, 0.15) is 39.1 Å². The summed E-state index contributed by atoms with van der Waals surface area (Å²) >= 11 is 0. The fourth-order valence-corrected chi connectivity index (χ4v) is 1.08. The zero-order valence-electron chi connectivity index (χ0n) is 7.70. The Hall–Kier alpha value is -0.970. The zero-order chi connectivity index (χ0) is 9.19. The van der Waals surface area contributed by atoms with E-state index < -0.39 is 0 Å². The molecule has 3 N–H and O–H groups in total. The summed E-state index contributed by atoms with van der Waals surface area (Å²) in [5, 5.41) is 13.5. The normalized spacial score (nSPS) is 14.7. The van der Waals surface area contributed by atoms with E-state index in [0.717, 1.165) is 6.42 Å². The monoisotopic (exact) mass is 169 g/mol. The number of H-pyrrole nitrogens is 1. The molecule has 68 valence electrons. The average Bonchev–Trinajstić information content (AvgIpc) is 2.32. The minimum absolute atomic E-state index is 0.122. The van der Waals surface area contributed by atoms with E-state index in [1.807, 2.05) is 0 Å². The van der Waals surface area contributed by atoms with Gasteiger partial charge >= 0.3 is 0 Å². The first-order chi connectivity index (χ1) is 5.49. The van der Waals surface area contributed by atoms with Gasteiger partial charge in [-0.05, 0) is 11.8 Å². The molecule has 0 bridgehead atoms. The molecule has 1 heterocycles. The van der Waals surface area contributed by atoms with Crippen molar-refractivity contribution < 1.29 is 0 Å². The maximum absolute atomic E-state index is 5.84. The minimum Gasteiger partial charge on any atom is -0.321 e. The van der Waals surface area contributed by atoms with E-state index in [-0.39, 0.29) is 11.5 Å². The number of rotatable bonds is 2. The van der Waals surface area contributed by atoms with Crippen LogP contribution in [-0.4, -0.2) is 20.6 Å². The molecule has 0 fully saturated rings. The van der Waals surface area contributed by atoms with Crippen LogP contribution in [0.5, 0.6) is 0 Å². The average molecular weight is 169 g/mol. The molecule has 1 atom stereocenters. The molecule has 1 unspecified atom stereocenters. The number of hydrogen-bond acceptors (Lipinski definition) is 4. The van der Waals surface area contributed by atoms with Crippen molar-refractivity contribution in [3.8, 4) is 0 Å². The summed E-state index contributed by atoms with van der Waals surface area (Å²) in [5.74, 6) is 0.588. The van der Waals surface area contributed by atoms with Gasteiger partial charge in [0, 0.05) is 0 Å². The quantitative estimate of drug-likeness (QED) is 0.680. The van der Waals surface area contributed by atoms with Crippen LogP contribution in [0.25, 0.3) is 0 Å². The maximum Gasteiger partial charge on any atom is 0.191 e. The summed E-state index contributed by atoms with van der Waals surface area (Å²) < 4.78 is 0. The van der Waals surface area contributed by atoms with E-state index in [0.29, 0.717) is 5.82 Å². The molecule has 12 heavy (non-hydrogen) atoms. The SMILES string of the molecule is CC(C)(C)CC(N)c1nn[nH]n1. The van der Waals surface area contributed by atoms with Gasteiger partial charge in [-0.1, -0.05) is 26.0 Å². The third kappa shape index (κ3) is 2.58. The Morgan fingerprint density at radius 2 is 2.17 bits per heavy atom. The Morgan fingerprint density at radius 1 is 1.50 bits per heavy atom. The molecule has 0 aliphatic heterocycles. The highest BCUT2D eigenvalue weighted by Crippen LogP contribution is 2.25. The van der Waals surface area contributed by atoms with Crippen molar-refractivity contribution in [2.45, 2.75) is 33.2 Å². The molecule has 0 aromatic carbocycles. The van der Waals surface area contributed by atoms with Gasteiger partial charge in [-0.2, -0.15) is 5.21 Å². The van der Waals surface area contributed by atoms with Gasteiger partial charge in [0.05, 0.1) is 6.04 Å². The molecule has 0 spiro atoms. The van der Waals surface area contributed by atoms with Crippen molar-refractivity contribution in [2.24, 2.45) is 11.1 Å². The number of hydrogen-bond donors (Lipinski definition) is 2. The highest BCUT2D eigenvalue weighted by molar-refractivity contribution is 4.88. The van der Waals surface area contributed by atoms with Crippen LogP contribution in [0.4, 0.5) is 0 Å². The van der Waals surface area contributed by atoms with Crippen LogP contribution >= 0.6 is 0 Å². The predicted octanol–water partition coefficient (Wildman–Crippen LogP) is 0.636. The molecular weight excluding hydrogens is 154 g/mol. The highest BCUT2D eigenvalue weighted by atomic mass is 15.5. The standard InChI is InChI=1S/C7H15N5/c1-7(2,3)4-5(8)6-9-11-12-10-6/h5H,4,8H2,1-3H3,(H,9,10,11,12). The Kier molecular flexibility index (Phi) is 2.42. The van der Waals surface area contributed by atoms with E-state index >= 15 is 0 Å². The van der Waals surface area contributed by atoms with Gasteiger partial charge in [0.15, 0.2) is 5.82 Å². The first kappa shape index (κ1) is 9.12. The van der Waals surface area contributed by atoms with Gasteiger partial charge in [-0.25, -0.2) is 0 Å². The third-order valence-electron chi connectivity index (χ3n) is 1.53. The molecular formula is C7H15N5. The molecule has 1 aromatic rings. The van der Waals surface area contributed by atoms with Crippen LogP contribution in [0, 0.1) is 5.41 Å². The first-order valence-corrected chi connectivity index (χ1v) is 3.98. The second-order valence-electron chi connectivity index (χ2n) is 4.14. The van der Waals surface area contributed by atoms with E-state index in [1.54, 1.807) is 0 Å². The molecule has 0 aliphatic carbocycles. The van der Waals surface area contributed by atoms with Gasteiger partial charge in [0.25, 0.3) is 0 Å². The van der Waals surface area contributed by atoms with Crippen molar-refractivity contribution in [3.05, 3.63) is 5.82 Å². The lowest BCUT2D eigenvalue weighted by Crippen LogP contribution is -2.19. The Morgan fingerprint density at radius 3 is 2.58 bits per heavy atom. The molecule has 0 saturated carbocycles. The summed E-state index contributed by atoms with van der Waals surface area (Å²) in [7, 11) is 0. The van der Waals surface area contributed by atoms with Crippen molar-refractivity contribution in [3.63, 3.8) is 0 Å². The van der Waals surface area contributed by atoms with Crippen molar-refractivity contribution in [2.75, 3.05) is 0 Å². The van der Waals surface area contributed by atoms with Crippen LogP contribution in [0.3, 0.4) is 0 Å². The van der Waals surface area contributed by atoms with E-state index in [9.17, 15) is 0 Å². The zero-order valence-corrected chi connectivity index (χ0v) is 7.70. The minimum atomic E-state index is -0.122. The van der Waals surface area contributed by atoms with Gasteiger partial charge in [-0.3, -0.25) is 0 Å². The van der Waals surface area contributed by atoms with Gasteiger partial charge in [0.1, 0.15) is 0 Å². The molecule has 0 saturated heterocycles. The largest absolute Gasteiger partial charge is 0.321 e. The number of nitrogens with one attached hydrogen (secondary N) is 1. The van der Waals surface area contributed by atoms with E-state index in [2.05, 4.69) is 41.4 Å². The molecule has 0 amide bonds. The van der Waals surface area contributed by atoms with Gasteiger partial charge < -0.3 is 5.73 Å². The lowest BCUT2D eigenvalue weighted by Gasteiger charge is -2.20. The lowest BCUT2D eigenvalue weighted by molar-refractivity contribution is 0.337. The molecule has 1 rings (SSSR count). The molecule has 1 aromatic heterocycles. The fourth-order valence-electron chi connectivity index (χ4n) is 1.08. The summed E-state index contributed by atoms with van der Waals surface area (Å²) in [4.78, 5) is 0. The van der Waals surface area contributed by atoms with Crippen molar-refractivity contribution >= 4 is 0 Å². The summed E-state index contributed by atoms with van der Waals surface area (Å²) in [6, 6.07) is -0.122. The molecule has 0 aliphatic rings. The Labute approximate surface area is 71.7 Å². The Balaban J connectivity index is 2.56. The molecule has 0 radical (unpaired) electrons. The van der Waals surface area contributed by atoms with Crippen LogP contribution in [0.2, 0.25) is 0 Å². The molecule has 5 heteroatoms. The fraction of sp³-hybridized carbons (Fsp3) is 0.857. The van der Waals surface area contributed by atoms with E-state index in [1.165, 1.54) is 0 Å². The smallest absolute Gasteiger partial charge is 0.191 e. The van der Waals surface area contributed by atoms with Crippen LogP contribution in [-0.2, 0) is 0 Å². The highest BCUT2D eigenvalue weighted by Gasteiger charge is 2.19. The second kappa shape index (κ2) is 3.18. The summed E-state index contributed by atoms with van der Waals surface area (Å²) in [6.45, 7) is 6.40. The van der Waals surface area contributed by atoms with Crippen LogP contribution < -0.4 is 5.73 Å². The van der Waals surface area contributed by atoms with Crippen molar-refractivity contribution in [1.82, 2.24) is 20.6 Å². The number of nitrogens with two attached hydrogens (primary N) is 1. The van der Waals surface area contributed by atoms with Gasteiger partial charge in [-0.15, -0.1) is 10.2 Å². The maximum atomic E-state index is 5.84. The number of aromatic nitrogens is 4. The summed E-state index contributed by atoms with van der Waals surface area (Å²) in [6.07, 6.45) is 0.854. The molecule has 5 nitrogen and oxygen atoms in total. The first-order valence-electron chi connectivity index (χ1n) is 3.98. The number of tetrazole rings is 1. The van der Waals surface area contributed by atoms with E-state index in [4.69, 9.17) is 5.73 Å². The Bertz CT molecular complexity index is 222. The lowest BCUT2D eigenvalue weighted by atomic mass is 9.88. The number of nitrogens with zero attached hydrogens (tertiary/aromatic N) is 3. The topological polar surface area (TPSA) is 80.5 Å².